The fraction of sp³-hybridized carbons (Fsp3) is 0.591. The Morgan fingerprint density at radius 2 is 2.11 bits per heavy atom. The average molecular weight is 387 g/mol. The van der Waals surface area contributed by atoms with Crippen molar-refractivity contribution in [1.29, 1.82) is 0 Å². The molecule has 2 fully saturated rings. The normalized spacial score (nSPS) is 29.5. The quantitative estimate of drug-likeness (QED) is 0.777. The number of thiazole rings is 1. The van der Waals surface area contributed by atoms with Gasteiger partial charge in [0.1, 0.15) is 5.60 Å². The van der Waals surface area contributed by atoms with E-state index in [2.05, 4.69) is 61.0 Å². The molecule has 5 heteroatoms. The lowest BCUT2D eigenvalue weighted by atomic mass is 9.75. The Kier molecular flexibility index (Phi) is 5.65. The standard InChI is InChI=1S/C22H30N2O2S/c1-16(2)19-11-22(14-25-21(19)18-7-5-4-6-8-18)13-24(9-10-26-22)12-20-17(3)23-15-27-20/h4-8,15-16,19,21H,9-14H2,1-3H3/t19-,21-,22-/m0/s1. The molecule has 0 saturated carbocycles. The molecule has 27 heavy (non-hydrogen) atoms. The fourth-order valence-corrected chi connectivity index (χ4v) is 5.30. The van der Waals surface area contributed by atoms with Gasteiger partial charge in [0.25, 0.3) is 0 Å². The van der Waals surface area contributed by atoms with E-state index in [-0.39, 0.29) is 11.7 Å². The third-order valence-corrected chi connectivity index (χ3v) is 6.97. The van der Waals surface area contributed by atoms with Gasteiger partial charge in [-0.1, -0.05) is 44.2 Å². The summed E-state index contributed by atoms with van der Waals surface area (Å²) in [5.74, 6) is 1.02. The lowest BCUT2D eigenvalue weighted by Gasteiger charge is -2.50. The SMILES string of the molecule is Cc1ncsc1CN1CCO[C@]2(CO[C@@H](c3ccccc3)[C@H](C(C)C)C2)C1. The number of hydrogen-bond acceptors (Lipinski definition) is 5. The van der Waals surface area contributed by atoms with Gasteiger partial charge in [-0.2, -0.15) is 0 Å². The van der Waals surface area contributed by atoms with Gasteiger partial charge in [-0.05, 0) is 30.7 Å². The van der Waals surface area contributed by atoms with E-state index in [0.29, 0.717) is 18.4 Å². The molecule has 146 valence electrons. The summed E-state index contributed by atoms with van der Waals surface area (Å²) in [5.41, 5.74) is 4.21. The molecule has 1 aromatic carbocycles. The van der Waals surface area contributed by atoms with E-state index < -0.39 is 0 Å². The van der Waals surface area contributed by atoms with Crippen LogP contribution < -0.4 is 0 Å². The molecule has 4 rings (SSSR count). The number of rotatable bonds is 4. The molecule has 3 heterocycles. The van der Waals surface area contributed by atoms with Crippen molar-refractivity contribution >= 4 is 11.3 Å². The van der Waals surface area contributed by atoms with E-state index in [4.69, 9.17) is 9.47 Å². The van der Waals surface area contributed by atoms with Gasteiger partial charge in [-0.25, -0.2) is 4.98 Å². The lowest BCUT2D eigenvalue weighted by molar-refractivity contribution is -0.210. The van der Waals surface area contributed by atoms with Crippen LogP contribution in [0.2, 0.25) is 0 Å². The highest BCUT2D eigenvalue weighted by Gasteiger charge is 2.46. The van der Waals surface area contributed by atoms with Gasteiger partial charge in [0.15, 0.2) is 0 Å². The van der Waals surface area contributed by atoms with Crippen molar-refractivity contribution in [2.75, 3.05) is 26.3 Å². The van der Waals surface area contributed by atoms with Crippen LogP contribution in [-0.4, -0.2) is 41.8 Å². The number of aromatic nitrogens is 1. The number of hydrogen-bond donors (Lipinski definition) is 0. The minimum absolute atomic E-state index is 0.166. The summed E-state index contributed by atoms with van der Waals surface area (Å²) >= 11 is 1.76. The zero-order chi connectivity index (χ0) is 18.9. The molecule has 2 aliphatic rings. The predicted molar refractivity (Wildman–Crippen MR) is 109 cm³/mol. The molecular weight excluding hydrogens is 356 g/mol. The minimum atomic E-state index is -0.183. The van der Waals surface area contributed by atoms with E-state index in [1.165, 1.54) is 10.4 Å². The second kappa shape index (κ2) is 8.00. The van der Waals surface area contributed by atoms with Crippen molar-refractivity contribution in [3.8, 4) is 0 Å². The number of benzene rings is 1. The molecule has 0 amide bonds. The summed E-state index contributed by atoms with van der Waals surface area (Å²) in [6.45, 7) is 11.1. The van der Waals surface area contributed by atoms with Crippen molar-refractivity contribution in [3.63, 3.8) is 0 Å². The largest absolute Gasteiger partial charge is 0.370 e. The van der Waals surface area contributed by atoms with Gasteiger partial charge in [-0.3, -0.25) is 4.90 Å². The number of nitrogens with zero attached hydrogens (tertiary/aromatic N) is 2. The Balaban J connectivity index is 1.49. The molecule has 0 unspecified atom stereocenters. The van der Waals surface area contributed by atoms with Crippen LogP contribution >= 0.6 is 11.3 Å². The fourth-order valence-electron chi connectivity index (χ4n) is 4.48. The van der Waals surface area contributed by atoms with E-state index in [1.807, 2.05) is 5.51 Å². The van der Waals surface area contributed by atoms with Crippen molar-refractivity contribution in [1.82, 2.24) is 9.88 Å². The average Bonchev–Trinajstić information content (AvgIpc) is 3.07. The first-order valence-corrected chi connectivity index (χ1v) is 10.9. The first-order valence-electron chi connectivity index (χ1n) is 9.98. The second-order valence-electron chi connectivity index (χ2n) is 8.36. The number of aryl methyl sites for hydroxylation is 1. The maximum absolute atomic E-state index is 6.48. The highest BCUT2D eigenvalue weighted by Crippen LogP contribution is 2.44. The van der Waals surface area contributed by atoms with E-state index in [9.17, 15) is 0 Å². The van der Waals surface area contributed by atoms with E-state index in [1.54, 1.807) is 11.3 Å². The Morgan fingerprint density at radius 1 is 1.30 bits per heavy atom. The summed E-state index contributed by atoms with van der Waals surface area (Å²) in [6, 6.07) is 10.7. The van der Waals surface area contributed by atoms with Crippen LogP contribution in [0.15, 0.2) is 35.8 Å². The lowest BCUT2D eigenvalue weighted by Crippen LogP contribution is -2.58. The molecule has 4 nitrogen and oxygen atoms in total. The summed E-state index contributed by atoms with van der Waals surface area (Å²) in [4.78, 5) is 8.29. The molecule has 0 radical (unpaired) electrons. The zero-order valence-electron chi connectivity index (χ0n) is 16.6. The first-order chi connectivity index (χ1) is 13.1. The zero-order valence-corrected chi connectivity index (χ0v) is 17.4. The van der Waals surface area contributed by atoms with Crippen LogP contribution in [0.4, 0.5) is 0 Å². The van der Waals surface area contributed by atoms with Crippen molar-refractivity contribution in [2.24, 2.45) is 11.8 Å². The van der Waals surface area contributed by atoms with Crippen molar-refractivity contribution in [2.45, 2.75) is 45.4 Å². The number of morpholine rings is 1. The van der Waals surface area contributed by atoms with Crippen LogP contribution in [0.3, 0.4) is 0 Å². The van der Waals surface area contributed by atoms with Crippen LogP contribution in [0.25, 0.3) is 0 Å². The molecule has 2 saturated heterocycles. The molecule has 0 bridgehead atoms. The highest BCUT2D eigenvalue weighted by molar-refractivity contribution is 7.09. The first kappa shape index (κ1) is 19.1. The molecule has 2 aliphatic heterocycles. The third kappa shape index (κ3) is 4.11. The van der Waals surface area contributed by atoms with Crippen LogP contribution in [0.5, 0.6) is 0 Å². The van der Waals surface area contributed by atoms with Gasteiger partial charge in [0.2, 0.25) is 0 Å². The van der Waals surface area contributed by atoms with Gasteiger partial charge in [0.05, 0.1) is 30.5 Å². The van der Waals surface area contributed by atoms with Crippen LogP contribution in [-0.2, 0) is 16.0 Å². The Morgan fingerprint density at radius 3 is 2.81 bits per heavy atom. The summed E-state index contributed by atoms with van der Waals surface area (Å²) in [7, 11) is 0. The highest BCUT2D eigenvalue weighted by atomic mass is 32.1. The van der Waals surface area contributed by atoms with Gasteiger partial charge >= 0.3 is 0 Å². The monoisotopic (exact) mass is 386 g/mol. The van der Waals surface area contributed by atoms with Crippen LogP contribution in [0, 0.1) is 18.8 Å². The molecule has 1 aromatic heterocycles. The minimum Gasteiger partial charge on any atom is -0.370 e. The molecule has 0 aliphatic carbocycles. The summed E-state index contributed by atoms with van der Waals surface area (Å²) in [5, 5.41) is 0. The molecular formula is C22H30N2O2S. The number of ether oxygens (including phenoxy) is 2. The maximum atomic E-state index is 6.48. The Labute approximate surface area is 166 Å². The summed E-state index contributed by atoms with van der Waals surface area (Å²) in [6.07, 6.45) is 1.22. The maximum Gasteiger partial charge on any atom is 0.105 e. The van der Waals surface area contributed by atoms with Crippen LogP contribution in [0.1, 0.15) is 42.5 Å². The van der Waals surface area contributed by atoms with Crippen molar-refractivity contribution in [3.05, 3.63) is 52.0 Å². The third-order valence-electron chi connectivity index (χ3n) is 6.05. The second-order valence-corrected chi connectivity index (χ2v) is 9.30. The molecule has 1 spiro atoms. The van der Waals surface area contributed by atoms with Gasteiger partial charge in [0, 0.05) is 24.5 Å². The van der Waals surface area contributed by atoms with E-state index >= 15 is 0 Å². The van der Waals surface area contributed by atoms with Crippen molar-refractivity contribution < 1.29 is 9.47 Å². The smallest absolute Gasteiger partial charge is 0.105 e. The topological polar surface area (TPSA) is 34.6 Å². The predicted octanol–water partition coefficient (Wildman–Crippen LogP) is 4.46. The Hall–Kier alpha value is -1.27. The van der Waals surface area contributed by atoms with E-state index in [0.717, 1.165) is 38.4 Å². The Bertz CT molecular complexity index is 748. The molecule has 0 N–H and O–H groups in total. The molecule has 2 aromatic rings. The van der Waals surface area contributed by atoms with Gasteiger partial charge < -0.3 is 9.47 Å². The molecule has 3 atom stereocenters. The van der Waals surface area contributed by atoms with Gasteiger partial charge in [-0.15, -0.1) is 11.3 Å². The summed E-state index contributed by atoms with van der Waals surface area (Å²) < 4.78 is 12.8.